The van der Waals surface area contributed by atoms with Crippen molar-refractivity contribution in [2.75, 3.05) is 18.2 Å². The highest BCUT2D eigenvalue weighted by Gasteiger charge is 2.18. The Kier molecular flexibility index (Phi) is 4.79. The number of ether oxygens (including phenoxy) is 2. The van der Waals surface area contributed by atoms with Gasteiger partial charge in [-0.05, 0) is 30.3 Å². The third-order valence-corrected chi connectivity index (χ3v) is 5.32. The first kappa shape index (κ1) is 18.1. The number of thioether (sulfide) groups is 1. The van der Waals surface area contributed by atoms with Gasteiger partial charge in [0.2, 0.25) is 5.91 Å². The largest absolute Gasteiger partial charge is 0.497 e. The molecule has 0 unspecified atom stereocenters. The molecular weight excluding hydrogens is 382 g/mol. The Balaban J connectivity index is 1.56. The Hall–Kier alpha value is -3.26. The minimum absolute atomic E-state index is 0.0918. The van der Waals surface area contributed by atoms with Crippen LogP contribution in [-0.2, 0) is 16.1 Å². The molecule has 0 aliphatic carbocycles. The number of methoxy groups -OCH3 is 1. The van der Waals surface area contributed by atoms with E-state index >= 15 is 0 Å². The van der Waals surface area contributed by atoms with E-state index in [1.54, 1.807) is 36.4 Å². The van der Waals surface area contributed by atoms with Gasteiger partial charge < -0.3 is 19.2 Å². The van der Waals surface area contributed by atoms with Crippen LogP contribution in [0.1, 0.15) is 15.9 Å². The first-order valence-electron chi connectivity index (χ1n) is 8.38. The summed E-state index contributed by atoms with van der Waals surface area (Å²) in [5.41, 5.74) is 1.25. The zero-order chi connectivity index (χ0) is 19.7. The Labute approximate surface area is 163 Å². The van der Waals surface area contributed by atoms with Crippen LogP contribution >= 0.6 is 11.8 Å². The van der Waals surface area contributed by atoms with E-state index in [0.29, 0.717) is 39.3 Å². The Morgan fingerprint density at radius 1 is 1.18 bits per heavy atom. The predicted octanol–water partition coefficient (Wildman–Crippen LogP) is 3.20. The van der Waals surface area contributed by atoms with Gasteiger partial charge in [0.05, 0.1) is 24.1 Å². The minimum Gasteiger partial charge on any atom is -0.497 e. The molecule has 2 aromatic carbocycles. The number of anilines is 1. The van der Waals surface area contributed by atoms with E-state index in [2.05, 4.69) is 5.32 Å². The van der Waals surface area contributed by atoms with Gasteiger partial charge in [0.25, 0.3) is 0 Å². The lowest BCUT2D eigenvalue weighted by atomic mass is 10.1. The van der Waals surface area contributed by atoms with Gasteiger partial charge >= 0.3 is 11.6 Å². The molecule has 0 saturated heterocycles. The highest BCUT2D eigenvalue weighted by Crippen LogP contribution is 2.32. The lowest BCUT2D eigenvalue weighted by molar-refractivity contribution is -0.113. The summed E-state index contributed by atoms with van der Waals surface area (Å²) in [5, 5.41) is 3.39. The number of carbonyl (C=O) groups is 2. The number of hydrogen-bond donors (Lipinski definition) is 1. The fraction of sp³-hybridized carbons (Fsp3) is 0.150. The zero-order valence-electron chi connectivity index (χ0n) is 14.8. The third-order valence-electron chi connectivity index (χ3n) is 4.24. The van der Waals surface area contributed by atoms with Crippen molar-refractivity contribution in [2.45, 2.75) is 11.5 Å². The maximum atomic E-state index is 12.4. The van der Waals surface area contributed by atoms with E-state index in [-0.39, 0.29) is 12.5 Å². The van der Waals surface area contributed by atoms with Crippen molar-refractivity contribution in [3.63, 3.8) is 0 Å². The summed E-state index contributed by atoms with van der Waals surface area (Å²) >= 11 is 1.41. The van der Waals surface area contributed by atoms with E-state index in [1.807, 2.05) is 0 Å². The molecular formula is C20H15NO6S. The van der Waals surface area contributed by atoms with Gasteiger partial charge in [0.15, 0.2) is 0 Å². The van der Waals surface area contributed by atoms with Gasteiger partial charge in [-0.1, -0.05) is 0 Å². The van der Waals surface area contributed by atoms with Crippen LogP contribution in [0, 0.1) is 0 Å². The lowest BCUT2D eigenvalue weighted by Crippen LogP contribution is -2.19. The number of rotatable bonds is 4. The molecule has 8 heteroatoms. The predicted molar refractivity (Wildman–Crippen MR) is 104 cm³/mol. The second kappa shape index (κ2) is 7.40. The first-order chi connectivity index (χ1) is 13.5. The Bertz CT molecular complexity index is 1150. The van der Waals surface area contributed by atoms with Gasteiger partial charge in [-0.25, -0.2) is 9.59 Å². The molecule has 7 nitrogen and oxygen atoms in total. The Morgan fingerprint density at radius 3 is 2.86 bits per heavy atom. The van der Waals surface area contributed by atoms with Crippen molar-refractivity contribution in [1.82, 2.24) is 0 Å². The molecule has 1 amide bonds. The molecule has 0 saturated carbocycles. The lowest BCUT2D eigenvalue weighted by Gasteiger charge is -2.16. The average molecular weight is 397 g/mol. The van der Waals surface area contributed by atoms with Crippen LogP contribution in [0.3, 0.4) is 0 Å². The van der Waals surface area contributed by atoms with E-state index < -0.39 is 11.6 Å². The number of fused-ring (bicyclic) bond motifs is 2. The summed E-state index contributed by atoms with van der Waals surface area (Å²) in [6, 6.07) is 11.4. The minimum atomic E-state index is -0.553. The number of esters is 1. The fourth-order valence-corrected chi connectivity index (χ4v) is 3.68. The number of benzene rings is 2. The quantitative estimate of drug-likeness (QED) is 0.534. The monoisotopic (exact) mass is 397 g/mol. The second-order valence-electron chi connectivity index (χ2n) is 6.08. The molecule has 4 rings (SSSR count). The maximum absolute atomic E-state index is 12.4. The molecule has 0 fully saturated rings. The van der Waals surface area contributed by atoms with Crippen LogP contribution in [0.4, 0.5) is 5.69 Å². The van der Waals surface area contributed by atoms with Crippen molar-refractivity contribution in [3.8, 4) is 5.75 Å². The molecule has 2 heterocycles. The molecule has 28 heavy (non-hydrogen) atoms. The summed E-state index contributed by atoms with van der Waals surface area (Å²) in [6.07, 6.45) is 0. The normalized spacial score (nSPS) is 13.0. The second-order valence-corrected chi connectivity index (χ2v) is 7.09. The van der Waals surface area contributed by atoms with E-state index in [0.717, 1.165) is 4.90 Å². The summed E-state index contributed by atoms with van der Waals surface area (Å²) in [7, 11) is 1.52. The number of nitrogens with one attached hydrogen (secondary N) is 1. The third kappa shape index (κ3) is 3.59. The molecule has 1 aliphatic heterocycles. The van der Waals surface area contributed by atoms with Crippen molar-refractivity contribution in [2.24, 2.45) is 0 Å². The van der Waals surface area contributed by atoms with Crippen LogP contribution in [0.25, 0.3) is 11.0 Å². The van der Waals surface area contributed by atoms with Crippen LogP contribution in [0.2, 0.25) is 0 Å². The highest BCUT2D eigenvalue weighted by atomic mass is 32.2. The first-order valence-corrected chi connectivity index (χ1v) is 9.36. The van der Waals surface area contributed by atoms with Gasteiger partial charge in [-0.3, -0.25) is 4.79 Å². The van der Waals surface area contributed by atoms with E-state index in [4.69, 9.17) is 13.9 Å². The van der Waals surface area contributed by atoms with E-state index in [9.17, 15) is 14.4 Å². The van der Waals surface area contributed by atoms with Crippen LogP contribution in [-0.4, -0.2) is 24.7 Å². The number of amides is 1. The van der Waals surface area contributed by atoms with Gasteiger partial charge in [-0.2, -0.15) is 0 Å². The van der Waals surface area contributed by atoms with Crippen molar-refractivity contribution >= 4 is 40.3 Å². The summed E-state index contributed by atoms with van der Waals surface area (Å²) in [4.78, 5) is 36.7. The molecule has 0 spiro atoms. The molecule has 0 radical (unpaired) electrons. The molecule has 3 aromatic rings. The SMILES string of the molecule is COc1ccc2c(COC(=O)c3ccc4c(c3)NC(=O)CS4)cc(=O)oc2c1. The summed E-state index contributed by atoms with van der Waals surface area (Å²) in [5.74, 6) is 0.243. The zero-order valence-corrected chi connectivity index (χ0v) is 15.6. The summed E-state index contributed by atoms with van der Waals surface area (Å²) in [6.45, 7) is -0.0918. The number of carbonyl (C=O) groups excluding carboxylic acids is 2. The highest BCUT2D eigenvalue weighted by molar-refractivity contribution is 8.00. The fourth-order valence-electron chi connectivity index (χ4n) is 2.89. The van der Waals surface area contributed by atoms with Gasteiger partial charge in [-0.15, -0.1) is 11.8 Å². The number of hydrogen-bond acceptors (Lipinski definition) is 7. The molecule has 1 N–H and O–H groups in total. The van der Waals surface area contributed by atoms with Crippen molar-refractivity contribution < 1.29 is 23.5 Å². The van der Waals surface area contributed by atoms with Crippen LogP contribution in [0.15, 0.2) is 56.6 Å². The van der Waals surface area contributed by atoms with Gasteiger partial charge in [0, 0.05) is 28.0 Å². The standard InChI is InChI=1S/C20H15NO6S/c1-25-13-3-4-14-12(7-19(23)27-16(14)8-13)9-26-20(24)11-2-5-17-15(6-11)21-18(22)10-28-17/h2-8H,9-10H2,1H3,(H,21,22). The van der Waals surface area contributed by atoms with Gasteiger partial charge in [0.1, 0.15) is 17.9 Å². The van der Waals surface area contributed by atoms with Crippen molar-refractivity contribution in [3.05, 3.63) is 64.0 Å². The average Bonchev–Trinajstić information content (AvgIpc) is 2.70. The molecule has 142 valence electrons. The van der Waals surface area contributed by atoms with Crippen molar-refractivity contribution in [1.29, 1.82) is 0 Å². The molecule has 1 aliphatic rings. The maximum Gasteiger partial charge on any atom is 0.338 e. The summed E-state index contributed by atoms with van der Waals surface area (Å²) < 4.78 is 15.7. The Morgan fingerprint density at radius 2 is 2.04 bits per heavy atom. The molecule has 0 bridgehead atoms. The smallest absolute Gasteiger partial charge is 0.338 e. The van der Waals surface area contributed by atoms with E-state index in [1.165, 1.54) is 24.9 Å². The topological polar surface area (TPSA) is 94.8 Å². The van der Waals surface area contributed by atoms with Crippen LogP contribution < -0.4 is 15.7 Å². The van der Waals surface area contributed by atoms with Crippen LogP contribution in [0.5, 0.6) is 5.75 Å². The molecule has 1 aromatic heterocycles. The molecule has 0 atom stereocenters.